The van der Waals surface area contributed by atoms with Crippen LogP contribution in [-0.2, 0) is 4.79 Å². The van der Waals surface area contributed by atoms with E-state index < -0.39 is 17.6 Å². The summed E-state index contributed by atoms with van der Waals surface area (Å²) in [7, 11) is 1.59. The van der Waals surface area contributed by atoms with Gasteiger partial charge in [0.1, 0.15) is 6.04 Å². The molecule has 1 rings (SSSR count). The number of urea groups is 1. The van der Waals surface area contributed by atoms with Gasteiger partial charge in [0, 0.05) is 12.8 Å². The molecule has 19 heavy (non-hydrogen) atoms. The second-order valence-corrected chi connectivity index (χ2v) is 6.48. The van der Waals surface area contributed by atoms with Crippen molar-refractivity contribution in [3.05, 3.63) is 0 Å². The zero-order valence-electron chi connectivity index (χ0n) is 11.8. The van der Waals surface area contributed by atoms with Gasteiger partial charge in [0.15, 0.2) is 0 Å². The standard InChI is InChI=1S/C12H22N2O4S/c1-5-9-14(8(6-19-9)10(16)17)11(18)13(4)12(2,3)7-15/h8-9,15H,5-7H2,1-4H3,(H,16,17). The number of aliphatic hydroxyl groups is 1. The van der Waals surface area contributed by atoms with E-state index in [0.29, 0.717) is 12.2 Å². The van der Waals surface area contributed by atoms with Gasteiger partial charge in [-0.3, -0.25) is 4.90 Å². The number of aliphatic carboxylic acids is 1. The van der Waals surface area contributed by atoms with Crippen LogP contribution >= 0.6 is 11.8 Å². The number of thioether (sulfide) groups is 1. The quantitative estimate of drug-likeness (QED) is 0.809. The third-order valence-corrected chi connectivity index (χ3v) is 4.98. The van der Waals surface area contributed by atoms with Gasteiger partial charge in [0.25, 0.3) is 0 Å². The van der Waals surface area contributed by atoms with Crippen molar-refractivity contribution in [3.63, 3.8) is 0 Å². The van der Waals surface area contributed by atoms with Gasteiger partial charge in [-0.15, -0.1) is 11.8 Å². The number of amides is 2. The highest BCUT2D eigenvalue weighted by atomic mass is 32.2. The molecule has 2 unspecified atom stereocenters. The third kappa shape index (κ3) is 3.14. The summed E-state index contributed by atoms with van der Waals surface area (Å²) in [4.78, 5) is 26.6. The molecule has 1 heterocycles. The summed E-state index contributed by atoms with van der Waals surface area (Å²) >= 11 is 1.49. The Morgan fingerprint density at radius 3 is 2.47 bits per heavy atom. The Kier molecular flexibility index (Phi) is 5.09. The monoisotopic (exact) mass is 290 g/mol. The maximum absolute atomic E-state index is 12.5. The Balaban J connectivity index is 2.96. The smallest absolute Gasteiger partial charge is 0.327 e. The van der Waals surface area contributed by atoms with E-state index in [1.807, 2.05) is 6.92 Å². The minimum atomic E-state index is -0.980. The van der Waals surface area contributed by atoms with Crippen molar-refractivity contribution >= 4 is 23.8 Å². The average Bonchev–Trinajstić information content (AvgIpc) is 2.80. The number of carbonyl (C=O) groups excluding carboxylic acids is 1. The number of rotatable bonds is 4. The fraction of sp³-hybridized carbons (Fsp3) is 0.833. The molecule has 0 saturated carbocycles. The van der Waals surface area contributed by atoms with Crippen molar-refractivity contribution in [1.82, 2.24) is 9.80 Å². The number of carboxylic acid groups (broad SMARTS) is 1. The summed E-state index contributed by atoms with van der Waals surface area (Å²) in [6, 6.07) is -1.14. The highest BCUT2D eigenvalue weighted by Crippen LogP contribution is 2.33. The number of carboxylic acids is 1. The van der Waals surface area contributed by atoms with E-state index in [1.165, 1.54) is 21.6 Å². The molecule has 2 amide bonds. The van der Waals surface area contributed by atoms with E-state index in [9.17, 15) is 19.8 Å². The highest BCUT2D eigenvalue weighted by molar-refractivity contribution is 8.00. The SMILES string of the molecule is CCC1SCC(C(=O)O)N1C(=O)N(C)C(C)(C)CO. The Bertz CT molecular complexity index is 362. The Morgan fingerprint density at radius 1 is 1.47 bits per heavy atom. The van der Waals surface area contributed by atoms with Crippen LogP contribution < -0.4 is 0 Å². The van der Waals surface area contributed by atoms with Crippen LogP contribution in [-0.4, -0.2) is 68.4 Å². The van der Waals surface area contributed by atoms with Gasteiger partial charge in [-0.1, -0.05) is 6.92 Å². The number of carbonyl (C=O) groups is 2. The molecule has 0 aromatic rings. The van der Waals surface area contributed by atoms with Crippen LogP contribution in [0, 0.1) is 0 Å². The summed E-state index contributed by atoms with van der Waals surface area (Å²) in [6.45, 7) is 5.24. The fourth-order valence-electron chi connectivity index (χ4n) is 1.86. The van der Waals surface area contributed by atoms with Gasteiger partial charge in [-0.25, -0.2) is 9.59 Å². The van der Waals surface area contributed by atoms with E-state index in [0.717, 1.165) is 0 Å². The number of likely N-dealkylation sites (N-methyl/N-ethyl adjacent to an activating group) is 1. The summed E-state index contributed by atoms with van der Waals surface area (Å²) in [5.41, 5.74) is -0.717. The van der Waals surface area contributed by atoms with Crippen molar-refractivity contribution in [2.24, 2.45) is 0 Å². The minimum Gasteiger partial charge on any atom is -0.480 e. The van der Waals surface area contributed by atoms with Crippen LogP contribution in [0.4, 0.5) is 4.79 Å². The molecule has 0 radical (unpaired) electrons. The van der Waals surface area contributed by atoms with E-state index >= 15 is 0 Å². The minimum absolute atomic E-state index is 0.120. The summed E-state index contributed by atoms with van der Waals surface area (Å²) in [5.74, 6) is -0.570. The maximum Gasteiger partial charge on any atom is 0.327 e. The molecule has 2 N–H and O–H groups in total. The molecule has 0 aromatic heterocycles. The van der Waals surface area contributed by atoms with Gasteiger partial charge in [0.05, 0.1) is 17.5 Å². The van der Waals surface area contributed by atoms with Crippen LogP contribution in [0.3, 0.4) is 0 Å². The molecule has 1 saturated heterocycles. The summed E-state index contributed by atoms with van der Waals surface area (Å²) in [6.07, 6.45) is 0.702. The Hall–Kier alpha value is -0.950. The molecule has 0 aromatic carbocycles. The Labute approximate surface area is 117 Å². The van der Waals surface area contributed by atoms with E-state index in [1.54, 1.807) is 20.9 Å². The highest BCUT2D eigenvalue weighted by Gasteiger charge is 2.43. The Morgan fingerprint density at radius 2 is 2.05 bits per heavy atom. The molecular weight excluding hydrogens is 268 g/mol. The number of hydrogen-bond acceptors (Lipinski definition) is 4. The van der Waals surface area contributed by atoms with E-state index in [-0.39, 0.29) is 18.0 Å². The summed E-state index contributed by atoms with van der Waals surface area (Å²) in [5, 5.41) is 18.4. The van der Waals surface area contributed by atoms with Crippen LogP contribution in [0.2, 0.25) is 0 Å². The van der Waals surface area contributed by atoms with Gasteiger partial charge in [-0.05, 0) is 20.3 Å². The number of nitrogens with zero attached hydrogens (tertiary/aromatic N) is 2. The maximum atomic E-state index is 12.5. The van der Waals surface area contributed by atoms with Crippen molar-refractivity contribution in [2.75, 3.05) is 19.4 Å². The largest absolute Gasteiger partial charge is 0.480 e. The van der Waals surface area contributed by atoms with Crippen molar-refractivity contribution in [1.29, 1.82) is 0 Å². The first kappa shape index (κ1) is 16.1. The predicted molar refractivity (Wildman–Crippen MR) is 74.1 cm³/mol. The first-order valence-corrected chi connectivity index (χ1v) is 7.32. The molecular formula is C12H22N2O4S. The molecule has 0 spiro atoms. The molecule has 1 fully saturated rings. The number of aliphatic hydroxyl groups excluding tert-OH is 1. The van der Waals surface area contributed by atoms with Gasteiger partial charge >= 0.3 is 12.0 Å². The van der Waals surface area contributed by atoms with Gasteiger partial charge in [-0.2, -0.15) is 0 Å². The topological polar surface area (TPSA) is 81.1 Å². The molecule has 0 aliphatic carbocycles. The first-order chi connectivity index (χ1) is 8.76. The lowest BCUT2D eigenvalue weighted by molar-refractivity contribution is -0.141. The second kappa shape index (κ2) is 6.00. The molecule has 1 aliphatic rings. The predicted octanol–water partition coefficient (Wildman–Crippen LogP) is 1.05. The summed E-state index contributed by atoms with van der Waals surface area (Å²) < 4.78 is 0. The van der Waals surface area contributed by atoms with Gasteiger partial charge < -0.3 is 15.1 Å². The van der Waals surface area contributed by atoms with Crippen molar-refractivity contribution in [3.8, 4) is 0 Å². The molecule has 0 bridgehead atoms. The van der Waals surface area contributed by atoms with E-state index in [2.05, 4.69) is 0 Å². The molecule has 7 heteroatoms. The van der Waals surface area contributed by atoms with Crippen LogP contribution in [0.25, 0.3) is 0 Å². The zero-order valence-corrected chi connectivity index (χ0v) is 12.6. The molecule has 110 valence electrons. The normalized spacial score (nSPS) is 23.5. The lowest BCUT2D eigenvalue weighted by atomic mass is 10.1. The lowest BCUT2D eigenvalue weighted by Gasteiger charge is -2.39. The van der Waals surface area contributed by atoms with Crippen molar-refractivity contribution in [2.45, 2.75) is 44.1 Å². The number of hydrogen-bond donors (Lipinski definition) is 2. The molecule has 2 atom stereocenters. The second-order valence-electron chi connectivity index (χ2n) is 5.27. The van der Waals surface area contributed by atoms with Crippen LogP contribution in [0.5, 0.6) is 0 Å². The van der Waals surface area contributed by atoms with Gasteiger partial charge in [0.2, 0.25) is 0 Å². The lowest BCUT2D eigenvalue weighted by Crippen LogP contribution is -2.57. The van der Waals surface area contributed by atoms with Crippen LogP contribution in [0.15, 0.2) is 0 Å². The molecule has 6 nitrogen and oxygen atoms in total. The fourth-order valence-corrected chi connectivity index (χ4v) is 3.20. The zero-order chi connectivity index (χ0) is 14.8. The van der Waals surface area contributed by atoms with E-state index in [4.69, 9.17) is 0 Å². The van der Waals surface area contributed by atoms with Crippen molar-refractivity contribution < 1.29 is 19.8 Å². The van der Waals surface area contributed by atoms with Crippen LogP contribution in [0.1, 0.15) is 27.2 Å². The average molecular weight is 290 g/mol. The molecule has 1 aliphatic heterocycles. The third-order valence-electron chi connectivity index (χ3n) is 3.53. The first-order valence-electron chi connectivity index (χ1n) is 6.27.